The standard InChI is InChI=1S/C20H20N2O2S/c1-14-8-9-15(2)18(12-14)22(11-10-19(23)24)20-21-17(13-25-20)16-6-4-3-5-7-16/h3-9,12-13H,10-11H2,1-2H3,(H,23,24). The molecule has 0 bridgehead atoms. The first-order chi connectivity index (χ1) is 12.0. The van der Waals surface area contributed by atoms with Gasteiger partial charge in [-0.3, -0.25) is 4.79 Å². The highest BCUT2D eigenvalue weighted by Crippen LogP contribution is 2.34. The van der Waals surface area contributed by atoms with Crippen LogP contribution in [0.25, 0.3) is 11.3 Å². The van der Waals surface area contributed by atoms with Crippen molar-refractivity contribution in [2.24, 2.45) is 0 Å². The average Bonchev–Trinajstić information content (AvgIpc) is 3.08. The van der Waals surface area contributed by atoms with Crippen LogP contribution in [0.15, 0.2) is 53.9 Å². The van der Waals surface area contributed by atoms with E-state index in [0.29, 0.717) is 6.54 Å². The molecule has 0 saturated heterocycles. The molecule has 0 fully saturated rings. The number of hydrogen-bond donors (Lipinski definition) is 1. The Morgan fingerprint density at radius 1 is 1.16 bits per heavy atom. The van der Waals surface area contributed by atoms with Crippen LogP contribution in [0, 0.1) is 13.8 Å². The number of aryl methyl sites for hydroxylation is 2. The maximum Gasteiger partial charge on any atom is 0.305 e. The first-order valence-corrected chi connectivity index (χ1v) is 9.00. The Balaban J connectivity index is 1.99. The summed E-state index contributed by atoms with van der Waals surface area (Å²) in [5.41, 5.74) is 5.22. The van der Waals surface area contributed by atoms with Crippen molar-refractivity contribution < 1.29 is 9.90 Å². The van der Waals surface area contributed by atoms with E-state index in [-0.39, 0.29) is 6.42 Å². The molecule has 0 radical (unpaired) electrons. The number of aromatic nitrogens is 1. The summed E-state index contributed by atoms with van der Waals surface area (Å²) >= 11 is 1.54. The summed E-state index contributed by atoms with van der Waals surface area (Å²) in [6.07, 6.45) is 0.0631. The highest BCUT2D eigenvalue weighted by atomic mass is 32.1. The molecule has 1 N–H and O–H groups in total. The van der Waals surface area contributed by atoms with Crippen molar-refractivity contribution in [2.45, 2.75) is 20.3 Å². The molecule has 0 saturated carbocycles. The third kappa shape index (κ3) is 4.06. The van der Waals surface area contributed by atoms with Crippen molar-refractivity contribution in [2.75, 3.05) is 11.4 Å². The quantitative estimate of drug-likeness (QED) is 0.675. The fourth-order valence-corrected chi connectivity index (χ4v) is 3.54. The van der Waals surface area contributed by atoms with Crippen LogP contribution in [-0.4, -0.2) is 22.6 Å². The van der Waals surface area contributed by atoms with Gasteiger partial charge in [-0.15, -0.1) is 11.3 Å². The number of nitrogens with zero attached hydrogens (tertiary/aromatic N) is 2. The van der Waals surface area contributed by atoms with E-state index in [9.17, 15) is 4.79 Å². The van der Waals surface area contributed by atoms with Gasteiger partial charge in [0.25, 0.3) is 0 Å². The van der Waals surface area contributed by atoms with Crippen molar-refractivity contribution in [3.63, 3.8) is 0 Å². The maximum atomic E-state index is 11.1. The fraction of sp³-hybridized carbons (Fsp3) is 0.200. The van der Waals surface area contributed by atoms with Crippen LogP contribution in [0.1, 0.15) is 17.5 Å². The summed E-state index contributed by atoms with van der Waals surface area (Å²) in [6, 6.07) is 16.2. The molecule has 0 unspecified atom stereocenters. The zero-order valence-electron chi connectivity index (χ0n) is 14.3. The molecule has 0 atom stereocenters. The molecule has 3 aromatic rings. The molecule has 2 aromatic carbocycles. The smallest absolute Gasteiger partial charge is 0.305 e. The minimum Gasteiger partial charge on any atom is -0.481 e. The zero-order valence-corrected chi connectivity index (χ0v) is 15.1. The number of carboxylic acids is 1. The lowest BCUT2D eigenvalue weighted by molar-refractivity contribution is -0.136. The van der Waals surface area contributed by atoms with Crippen LogP contribution in [-0.2, 0) is 4.79 Å². The van der Waals surface area contributed by atoms with E-state index in [2.05, 4.69) is 18.2 Å². The Hall–Kier alpha value is -2.66. The van der Waals surface area contributed by atoms with E-state index >= 15 is 0 Å². The third-order valence-corrected chi connectivity index (χ3v) is 4.86. The van der Waals surface area contributed by atoms with Crippen molar-refractivity contribution in [3.8, 4) is 11.3 Å². The Bertz CT molecular complexity index is 874. The summed E-state index contributed by atoms with van der Waals surface area (Å²) in [6.45, 7) is 4.46. The first kappa shape index (κ1) is 17.2. The van der Waals surface area contributed by atoms with E-state index in [4.69, 9.17) is 10.1 Å². The Kier molecular flexibility index (Phi) is 5.14. The molecule has 128 valence electrons. The SMILES string of the molecule is Cc1ccc(C)c(N(CCC(=O)O)c2nc(-c3ccccc3)cs2)c1. The summed E-state index contributed by atoms with van der Waals surface area (Å²) in [7, 11) is 0. The molecule has 0 amide bonds. The summed E-state index contributed by atoms with van der Waals surface area (Å²) in [5, 5.41) is 12.0. The lowest BCUT2D eigenvalue weighted by Crippen LogP contribution is -2.21. The lowest BCUT2D eigenvalue weighted by atomic mass is 10.1. The Morgan fingerprint density at radius 2 is 1.92 bits per heavy atom. The first-order valence-electron chi connectivity index (χ1n) is 8.12. The topological polar surface area (TPSA) is 53.4 Å². The van der Waals surface area contributed by atoms with Gasteiger partial charge in [0.2, 0.25) is 0 Å². The molecule has 0 spiro atoms. The molecular weight excluding hydrogens is 332 g/mol. The number of carbonyl (C=O) groups is 1. The molecule has 1 heterocycles. The number of thiazole rings is 1. The minimum absolute atomic E-state index is 0.0631. The fourth-order valence-electron chi connectivity index (χ4n) is 2.67. The third-order valence-electron chi connectivity index (χ3n) is 4.00. The van der Waals surface area contributed by atoms with Crippen molar-refractivity contribution in [1.82, 2.24) is 4.98 Å². The van der Waals surface area contributed by atoms with Crippen molar-refractivity contribution in [3.05, 3.63) is 65.0 Å². The van der Waals surface area contributed by atoms with Gasteiger partial charge in [-0.1, -0.05) is 42.5 Å². The molecule has 0 aliphatic rings. The van der Waals surface area contributed by atoms with Gasteiger partial charge < -0.3 is 10.0 Å². The van der Waals surface area contributed by atoms with Gasteiger partial charge in [-0.25, -0.2) is 4.98 Å². The van der Waals surface area contributed by atoms with Gasteiger partial charge in [0.05, 0.1) is 12.1 Å². The van der Waals surface area contributed by atoms with Crippen LogP contribution < -0.4 is 4.90 Å². The van der Waals surface area contributed by atoms with Crippen LogP contribution in [0.5, 0.6) is 0 Å². The lowest BCUT2D eigenvalue weighted by Gasteiger charge is -2.23. The van der Waals surface area contributed by atoms with Crippen LogP contribution in [0.3, 0.4) is 0 Å². The highest BCUT2D eigenvalue weighted by Gasteiger charge is 2.17. The largest absolute Gasteiger partial charge is 0.481 e. The second-order valence-electron chi connectivity index (χ2n) is 5.97. The van der Waals surface area contributed by atoms with Crippen LogP contribution in [0.4, 0.5) is 10.8 Å². The molecule has 5 heteroatoms. The van der Waals surface area contributed by atoms with E-state index in [0.717, 1.165) is 33.2 Å². The number of hydrogen-bond acceptors (Lipinski definition) is 4. The molecule has 0 aliphatic carbocycles. The predicted molar refractivity (Wildman–Crippen MR) is 103 cm³/mol. The van der Waals surface area contributed by atoms with Gasteiger partial charge in [-0.05, 0) is 31.0 Å². The second-order valence-corrected chi connectivity index (χ2v) is 6.80. The number of anilines is 2. The normalized spacial score (nSPS) is 10.6. The Labute approximate surface area is 151 Å². The van der Waals surface area contributed by atoms with Gasteiger partial charge >= 0.3 is 5.97 Å². The molecule has 4 nitrogen and oxygen atoms in total. The monoisotopic (exact) mass is 352 g/mol. The summed E-state index contributed by atoms with van der Waals surface area (Å²) in [4.78, 5) is 17.9. The molecule has 3 rings (SSSR count). The molecular formula is C20H20N2O2S. The summed E-state index contributed by atoms with van der Waals surface area (Å²) < 4.78 is 0. The number of rotatable bonds is 6. The van der Waals surface area contributed by atoms with Crippen molar-refractivity contribution >= 4 is 28.1 Å². The minimum atomic E-state index is -0.810. The molecule has 0 aliphatic heterocycles. The number of aliphatic carboxylic acids is 1. The zero-order chi connectivity index (χ0) is 17.8. The summed E-state index contributed by atoms with van der Waals surface area (Å²) in [5.74, 6) is -0.810. The van der Waals surface area contributed by atoms with Crippen LogP contribution in [0.2, 0.25) is 0 Å². The Morgan fingerprint density at radius 3 is 2.64 bits per heavy atom. The van der Waals surface area contributed by atoms with Crippen LogP contribution >= 0.6 is 11.3 Å². The van der Waals surface area contributed by atoms with Gasteiger partial charge in [0.1, 0.15) is 0 Å². The van der Waals surface area contributed by atoms with Gasteiger partial charge in [0, 0.05) is 23.2 Å². The maximum absolute atomic E-state index is 11.1. The molecule has 1 aromatic heterocycles. The van der Waals surface area contributed by atoms with Gasteiger partial charge in [0.15, 0.2) is 5.13 Å². The van der Waals surface area contributed by atoms with E-state index in [1.807, 2.05) is 54.5 Å². The number of benzene rings is 2. The highest BCUT2D eigenvalue weighted by molar-refractivity contribution is 7.14. The van der Waals surface area contributed by atoms with Crippen molar-refractivity contribution in [1.29, 1.82) is 0 Å². The van der Waals surface area contributed by atoms with E-state index < -0.39 is 5.97 Å². The van der Waals surface area contributed by atoms with Gasteiger partial charge in [-0.2, -0.15) is 0 Å². The molecule has 25 heavy (non-hydrogen) atoms. The van der Waals surface area contributed by atoms with E-state index in [1.54, 1.807) is 0 Å². The average molecular weight is 352 g/mol. The number of carboxylic acid groups (broad SMARTS) is 1. The predicted octanol–water partition coefficient (Wildman–Crippen LogP) is 5.04. The second kappa shape index (κ2) is 7.49. The van der Waals surface area contributed by atoms with E-state index in [1.165, 1.54) is 11.3 Å².